The Morgan fingerprint density at radius 3 is 2.14 bits per heavy atom. The van der Waals surface area contributed by atoms with Crippen LogP contribution in [0.1, 0.15) is 67.2 Å². The van der Waals surface area contributed by atoms with E-state index in [2.05, 4.69) is 32.1 Å². The van der Waals surface area contributed by atoms with Crippen molar-refractivity contribution in [1.82, 2.24) is 4.90 Å². The molecule has 0 aromatic rings. The van der Waals surface area contributed by atoms with Gasteiger partial charge in [-0.3, -0.25) is 0 Å². The number of carbonyl (C=O) groups is 1. The largest absolute Gasteiger partial charge is 0.444 e. The molecule has 1 rings (SSSR count). The highest BCUT2D eigenvalue weighted by molar-refractivity contribution is 5.68. The average Bonchev–Trinajstić information content (AvgIpc) is 2.38. The van der Waals surface area contributed by atoms with Gasteiger partial charge in [0.25, 0.3) is 0 Å². The molecule has 0 saturated carbocycles. The zero-order valence-corrected chi connectivity index (χ0v) is 14.7. The molecule has 0 bridgehead atoms. The summed E-state index contributed by atoms with van der Waals surface area (Å²) in [5.74, 6) is 0. The minimum absolute atomic E-state index is 0.160. The van der Waals surface area contributed by atoms with Crippen LogP contribution in [0.25, 0.3) is 0 Å². The molecule has 0 aromatic heterocycles. The topological polar surface area (TPSA) is 29.5 Å². The second-order valence-electron chi connectivity index (χ2n) is 6.61. The van der Waals surface area contributed by atoms with E-state index in [4.69, 9.17) is 4.74 Å². The Morgan fingerprint density at radius 2 is 1.71 bits per heavy atom. The molecule has 0 aliphatic carbocycles. The maximum absolute atomic E-state index is 11.5. The van der Waals surface area contributed by atoms with Gasteiger partial charge in [-0.15, -0.1) is 0 Å². The third-order valence-corrected chi connectivity index (χ3v) is 2.91. The van der Waals surface area contributed by atoms with Crippen LogP contribution in [-0.2, 0) is 4.74 Å². The van der Waals surface area contributed by atoms with Crippen molar-refractivity contribution in [1.29, 1.82) is 0 Å². The average molecular weight is 295 g/mol. The van der Waals surface area contributed by atoms with Crippen LogP contribution in [0.2, 0.25) is 0 Å². The fourth-order valence-electron chi connectivity index (χ4n) is 1.84. The number of hydrogen-bond donors (Lipinski definition) is 0. The summed E-state index contributed by atoms with van der Waals surface area (Å²) in [6.07, 6.45) is 10.8. The molecular formula is C18H33NO2. The van der Waals surface area contributed by atoms with Gasteiger partial charge in [-0.2, -0.15) is 0 Å². The summed E-state index contributed by atoms with van der Waals surface area (Å²) in [5, 5.41) is 0. The van der Waals surface area contributed by atoms with E-state index in [0.717, 1.165) is 32.4 Å². The van der Waals surface area contributed by atoms with Gasteiger partial charge in [-0.05, 0) is 67.2 Å². The lowest BCUT2D eigenvalue weighted by atomic mass is 10.1. The first kappa shape index (κ1) is 19.8. The summed E-state index contributed by atoms with van der Waals surface area (Å²) in [7, 11) is 0. The van der Waals surface area contributed by atoms with Gasteiger partial charge < -0.3 is 9.64 Å². The van der Waals surface area contributed by atoms with Crippen LogP contribution in [0.4, 0.5) is 4.79 Å². The van der Waals surface area contributed by atoms with E-state index in [9.17, 15) is 4.79 Å². The summed E-state index contributed by atoms with van der Waals surface area (Å²) in [4.78, 5) is 13.3. The van der Waals surface area contributed by atoms with Gasteiger partial charge in [-0.1, -0.05) is 23.8 Å². The lowest BCUT2D eigenvalue weighted by Gasteiger charge is -2.29. The molecule has 1 saturated heterocycles. The number of amides is 1. The molecule has 0 spiro atoms. The van der Waals surface area contributed by atoms with Crippen LogP contribution < -0.4 is 0 Å². The van der Waals surface area contributed by atoms with Crippen molar-refractivity contribution >= 4 is 6.09 Å². The fourth-order valence-corrected chi connectivity index (χ4v) is 1.84. The molecular weight excluding hydrogens is 262 g/mol. The highest BCUT2D eigenvalue weighted by Crippen LogP contribution is 2.14. The smallest absolute Gasteiger partial charge is 0.410 e. The molecule has 3 heteroatoms. The number of likely N-dealkylation sites (tertiary alicyclic amines) is 1. The summed E-state index contributed by atoms with van der Waals surface area (Å²) < 4.78 is 5.26. The van der Waals surface area contributed by atoms with Gasteiger partial charge in [0.05, 0.1) is 0 Å². The summed E-state index contributed by atoms with van der Waals surface area (Å²) in [6.45, 7) is 13.7. The molecule has 1 fully saturated rings. The standard InChI is InChI=1S/C10H19NO2.C8H14/c1-10(2,3)13-9(12)11-7-5-4-6-8-11;1-4-5-6-7-8(2)3/h4-8H2,1-3H3;4-5,7H,6H2,1-3H3/b;5-4-. The third-order valence-electron chi connectivity index (χ3n) is 2.91. The lowest BCUT2D eigenvalue weighted by molar-refractivity contribution is 0.0216. The molecule has 21 heavy (non-hydrogen) atoms. The van der Waals surface area contributed by atoms with Gasteiger partial charge in [0, 0.05) is 13.1 Å². The number of allylic oxidation sites excluding steroid dienone is 4. The Bertz CT molecular complexity index is 341. The molecule has 1 heterocycles. The van der Waals surface area contributed by atoms with E-state index in [1.54, 1.807) is 4.90 Å². The summed E-state index contributed by atoms with van der Waals surface area (Å²) >= 11 is 0. The number of piperidine rings is 1. The fraction of sp³-hybridized carbons (Fsp3) is 0.722. The molecule has 1 amide bonds. The Balaban J connectivity index is 0.000000433. The Labute approximate surface area is 131 Å². The van der Waals surface area contributed by atoms with Gasteiger partial charge in [-0.25, -0.2) is 4.79 Å². The van der Waals surface area contributed by atoms with Crippen molar-refractivity contribution in [2.24, 2.45) is 0 Å². The second kappa shape index (κ2) is 10.5. The second-order valence-corrected chi connectivity index (χ2v) is 6.61. The first-order valence-corrected chi connectivity index (χ1v) is 7.98. The minimum Gasteiger partial charge on any atom is -0.444 e. The number of ether oxygens (including phenoxy) is 1. The number of nitrogens with zero attached hydrogens (tertiary/aromatic N) is 1. The highest BCUT2D eigenvalue weighted by Gasteiger charge is 2.22. The van der Waals surface area contributed by atoms with Crippen LogP contribution in [0.15, 0.2) is 23.8 Å². The van der Waals surface area contributed by atoms with Gasteiger partial charge in [0.15, 0.2) is 0 Å². The number of hydrogen-bond acceptors (Lipinski definition) is 2. The predicted octanol–water partition coefficient (Wildman–Crippen LogP) is 5.33. The van der Waals surface area contributed by atoms with Crippen molar-refractivity contribution < 1.29 is 9.53 Å². The zero-order chi connectivity index (χ0) is 16.3. The first-order valence-electron chi connectivity index (χ1n) is 7.98. The Hall–Kier alpha value is -1.25. The predicted molar refractivity (Wildman–Crippen MR) is 90.5 cm³/mol. The molecule has 3 nitrogen and oxygen atoms in total. The van der Waals surface area contributed by atoms with Crippen LogP contribution in [0, 0.1) is 0 Å². The van der Waals surface area contributed by atoms with Crippen LogP contribution in [0.3, 0.4) is 0 Å². The lowest BCUT2D eigenvalue weighted by Crippen LogP contribution is -2.39. The van der Waals surface area contributed by atoms with Crippen LogP contribution >= 0.6 is 0 Å². The Morgan fingerprint density at radius 1 is 1.14 bits per heavy atom. The van der Waals surface area contributed by atoms with E-state index in [-0.39, 0.29) is 11.7 Å². The van der Waals surface area contributed by atoms with Crippen molar-refractivity contribution in [2.45, 2.75) is 72.8 Å². The van der Waals surface area contributed by atoms with Crippen molar-refractivity contribution in [3.05, 3.63) is 23.8 Å². The van der Waals surface area contributed by atoms with Gasteiger partial charge >= 0.3 is 6.09 Å². The highest BCUT2D eigenvalue weighted by atomic mass is 16.6. The quantitative estimate of drug-likeness (QED) is 0.645. The van der Waals surface area contributed by atoms with E-state index >= 15 is 0 Å². The van der Waals surface area contributed by atoms with Crippen molar-refractivity contribution in [3.8, 4) is 0 Å². The molecule has 0 atom stereocenters. The number of rotatable bonds is 2. The summed E-state index contributed by atoms with van der Waals surface area (Å²) in [6, 6.07) is 0. The summed E-state index contributed by atoms with van der Waals surface area (Å²) in [5.41, 5.74) is 1.03. The van der Waals surface area contributed by atoms with E-state index in [0.29, 0.717) is 0 Å². The molecule has 1 aliphatic heterocycles. The third kappa shape index (κ3) is 12.2. The number of carbonyl (C=O) groups excluding carboxylic acids is 1. The normalized spacial score (nSPS) is 15.2. The zero-order valence-electron chi connectivity index (χ0n) is 14.7. The van der Waals surface area contributed by atoms with Crippen molar-refractivity contribution in [2.75, 3.05) is 13.1 Å². The Kier molecular flexibility index (Phi) is 9.85. The van der Waals surface area contributed by atoms with Gasteiger partial charge in [0.2, 0.25) is 0 Å². The van der Waals surface area contributed by atoms with E-state index in [1.807, 2.05) is 27.7 Å². The first-order chi connectivity index (χ1) is 9.76. The van der Waals surface area contributed by atoms with Crippen LogP contribution in [-0.4, -0.2) is 29.7 Å². The monoisotopic (exact) mass is 295 g/mol. The molecule has 122 valence electrons. The molecule has 1 aliphatic rings. The van der Waals surface area contributed by atoms with Crippen LogP contribution in [0.5, 0.6) is 0 Å². The minimum atomic E-state index is -0.367. The van der Waals surface area contributed by atoms with Gasteiger partial charge in [0.1, 0.15) is 5.60 Å². The molecule has 0 N–H and O–H groups in total. The maximum atomic E-state index is 11.5. The SMILES string of the molecule is C/C=C\CC=C(C)C.CC(C)(C)OC(=O)N1CCCCC1. The maximum Gasteiger partial charge on any atom is 0.410 e. The van der Waals surface area contributed by atoms with E-state index in [1.165, 1.54) is 12.0 Å². The van der Waals surface area contributed by atoms with E-state index < -0.39 is 0 Å². The molecule has 0 aromatic carbocycles. The molecule has 0 unspecified atom stereocenters. The van der Waals surface area contributed by atoms with Crippen molar-refractivity contribution in [3.63, 3.8) is 0 Å². The molecule has 0 radical (unpaired) electrons.